The summed E-state index contributed by atoms with van der Waals surface area (Å²) in [5.74, 6) is 3.20. The lowest BCUT2D eigenvalue weighted by Crippen LogP contribution is -2.39. The Bertz CT molecular complexity index is 416. The molecule has 1 amide bonds. The fourth-order valence-electron chi connectivity index (χ4n) is 2.20. The van der Waals surface area contributed by atoms with Crippen LogP contribution in [-0.2, 0) is 0 Å². The van der Waals surface area contributed by atoms with Crippen LogP contribution in [0.25, 0.3) is 0 Å². The maximum absolute atomic E-state index is 11.9. The van der Waals surface area contributed by atoms with Crippen LogP contribution in [0, 0.1) is 0 Å². The van der Waals surface area contributed by atoms with Gasteiger partial charge in [0, 0.05) is 30.4 Å². The third kappa shape index (κ3) is 4.72. The molecule has 1 aliphatic heterocycles. The Morgan fingerprint density at radius 3 is 2.80 bits per heavy atom. The highest BCUT2D eigenvalue weighted by molar-refractivity contribution is 7.99. The highest BCUT2D eigenvalue weighted by atomic mass is 32.2. The van der Waals surface area contributed by atoms with E-state index in [9.17, 15) is 4.79 Å². The monoisotopic (exact) mass is 294 g/mol. The molecule has 1 aliphatic rings. The van der Waals surface area contributed by atoms with Crippen molar-refractivity contribution in [3.05, 3.63) is 29.8 Å². The zero-order chi connectivity index (χ0) is 14.2. The molecule has 0 unspecified atom stereocenters. The third-order valence-electron chi connectivity index (χ3n) is 3.36. The molecule has 1 atom stereocenters. The summed E-state index contributed by atoms with van der Waals surface area (Å²) in [7, 11) is 1.62. The predicted molar refractivity (Wildman–Crippen MR) is 83.7 cm³/mol. The largest absolute Gasteiger partial charge is 0.497 e. The van der Waals surface area contributed by atoms with Crippen molar-refractivity contribution < 1.29 is 9.53 Å². The van der Waals surface area contributed by atoms with Crippen LogP contribution >= 0.6 is 11.8 Å². The van der Waals surface area contributed by atoms with Gasteiger partial charge in [0.15, 0.2) is 0 Å². The lowest BCUT2D eigenvalue weighted by molar-refractivity contribution is 0.0953. The number of amides is 1. The number of carbonyl (C=O) groups excluding carboxylic acids is 1. The number of benzene rings is 1. The van der Waals surface area contributed by atoms with Crippen molar-refractivity contribution in [3.8, 4) is 5.75 Å². The lowest BCUT2D eigenvalue weighted by Gasteiger charge is -2.22. The topological polar surface area (TPSA) is 50.4 Å². The molecule has 1 heterocycles. The Morgan fingerprint density at radius 1 is 1.35 bits per heavy atom. The van der Waals surface area contributed by atoms with Gasteiger partial charge in [-0.15, -0.1) is 0 Å². The van der Waals surface area contributed by atoms with Crippen molar-refractivity contribution in [3.63, 3.8) is 0 Å². The first kappa shape index (κ1) is 15.2. The molecule has 0 saturated carbocycles. The first-order valence-corrected chi connectivity index (χ1v) is 8.18. The van der Waals surface area contributed by atoms with Crippen molar-refractivity contribution in [1.29, 1.82) is 0 Å². The summed E-state index contributed by atoms with van der Waals surface area (Å²) in [6.07, 6.45) is 2.54. The zero-order valence-corrected chi connectivity index (χ0v) is 12.7. The maximum Gasteiger partial charge on any atom is 0.251 e. The van der Waals surface area contributed by atoms with E-state index in [4.69, 9.17) is 4.74 Å². The first-order chi connectivity index (χ1) is 9.79. The summed E-state index contributed by atoms with van der Waals surface area (Å²) < 4.78 is 5.07. The van der Waals surface area contributed by atoms with Gasteiger partial charge in [-0.05, 0) is 42.9 Å². The molecule has 5 heteroatoms. The van der Waals surface area contributed by atoms with E-state index in [1.807, 2.05) is 11.8 Å². The van der Waals surface area contributed by atoms with E-state index in [1.54, 1.807) is 31.4 Å². The second kappa shape index (κ2) is 8.17. The van der Waals surface area contributed by atoms with Crippen LogP contribution in [0.2, 0.25) is 0 Å². The number of nitrogens with one attached hydrogen (secondary N) is 2. The van der Waals surface area contributed by atoms with Gasteiger partial charge >= 0.3 is 0 Å². The van der Waals surface area contributed by atoms with Crippen molar-refractivity contribution in [2.75, 3.05) is 31.7 Å². The average Bonchev–Trinajstić information content (AvgIpc) is 2.52. The van der Waals surface area contributed by atoms with Gasteiger partial charge in [0.25, 0.3) is 5.91 Å². The van der Waals surface area contributed by atoms with Crippen molar-refractivity contribution in [2.45, 2.75) is 18.9 Å². The number of rotatable bonds is 6. The van der Waals surface area contributed by atoms with Gasteiger partial charge in [-0.1, -0.05) is 0 Å². The fourth-order valence-corrected chi connectivity index (χ4v) is 3.30. The second-order valence-electron chi connectivity index (χ2n) is 4.85. The van der Waals surface area contributed by atoms with Crippen LogP contribution in [0.15, 0.2) is 24.3 Å². The molecule has 2 rings (SSSR count). The predicted octanol–water partition coefficient (Wildman–Crippen LogP) is 1.91. The number of hydrogen-bond acceptors (Lipinski definition) is 4. The van der Waals surface area contributed by atoms with Crippen LogP contribution < -0.4 is 15.4 Å². The Morgan fingerprint density at radius 2 is 2.15 bits per heavy atom. The summed E-state index contributed by atoms with van der Waals surface area (Å²) in [5.41, 5.74) is 0.666. The van der Waals surface area contributed by atoms with Gasteiger partial charge in [-0.2, -0.15) is 11.8 Å². The molecule has 0 radical (unpaired) electrons. The zero-order valence-electron chi connectivity index (χ0n) is 11.9. The van der Waals surface area contributed by atoms with E-state index in [1.165, 1.54) is 24.3 Å². The SMILES string of the molecule is COc1ccc(C(=O)NCCN[C@H]2CCCSC2)cc1. The van der Waals surface area contributed by atoms with Crippen molar-refractivity contribution >= 4 is 17.7 Å². The van der Waals surface area contributed by atoms with E-state index in [2.05, 4.69) is 10.6 Å². The number of methoxy groups -OCH3 is 1. The second-order valence-corrected chi connectivity index (χ2v) is 6.00. The van der Waals surface area contributed by atoms with Crippen molar-refractivity contribution in [2.24, 2.45) is 0 Å². The van der Waals surface area contributed by atoms with Crippen LogP contribution in [0.5, 0.6) is 5.75 Å². The Hall–Kier alpha value is -1.20. The maximum atomic E-state index is 11.9. The van der Waals surface area contributed by atoms with Crippen LogP contribution in [0.4, 0.5) is 0 Å². The Kier molecular flexibility index (Phi) is 6.21. The van der Waals surface area contributed by atoms with E-state index in [0.29, 0.717) is 18.2 Å². The van der Waals surface area contributed by atoms with E-state index < -0.39 is 0 Å². The Labute approximate surface area is 124 Å². The molecule has 1 aromatic rings. The molecule has 2 N–H and O–H groups in total. The highest BCUT2D eigenvalue weighted by Crippen LogP contribution is 2.16. The van der Waals surface area contributed by atoms with Gasteiger partial charge in [0.1, 0.15) is 5.75 Å². The minimum absolute atomic E-state index is 0.0347. The van der Waals surface area contributed by atoms with Crippen molar-refractivity contribution in [1.82, 2.24) is 10.6 Å². The molecule has 110 valence electrons. The average molecular weight is 294 g/mol. The van der Waals surface area contributed by atoms with Crippen LogP contribution in [-0.4, -0.2) is 43.7 Å². The summed E-state index contributed by atoms with van der Waals surface area (Å²) in [4.78, 5) is 11.9. The molecule has 4 nitrogen and oxygen atoms in total. The summed E-state index contributed by atoms with van der Waals surface area (Å²) in [6, 6.07) is 7.75. The summed E-state index contributed by atoms with van der Waals surface area (Å²) in [5, 5.41) is 6.42. The summed E-state index contributed by atoms with van der Waals surface area (Å²) >= 11 is 2.01. The van der Waals surface area contributed by atoms with Gasteiger partial charge in [-0.3, -0.25) is 4.79 Å². The highest BCUT2D eigenvalue weighted by Gasteiger charge is 2.12. The molecule has 0 aliphatic carbocycles. The van der Waals surface area contributed by atoms with Crippen LogP contribution in [0.3, 0.4) is 0 Å². The molecule has 1 saturated heterocycles. The number of thioether (sulfide) groups is 1. The number of carbonyl (C=O) groups is 1. The molecule has 0 aromatic heterocycles. The first-order valence-electron chi connectivity index (χ1n) is 7.03. The van der Waals surface area contributed by atoms with Gasteiger partial charge in [-0.25, -0.2) is 0 Å². The van der Waals surface area contributed by atoms with Gasteiger partial charge in [0.05, 0.1) is 7.11 Å². The smallest absolute Gasteiger partial charge is 0.251 e. The minimum atomic E-state index is -0.0347. The molecular formula is C15H22N2O2S. The molecule has 1 fully saturated rings. The molecular weight excluding hydrogens is 272 g/mol. The number of ether oxygens (including phenoxy) is 1. The quantitative estimate of drug-likeness (QED) is 0.787. The standard InChI is InChI=1S/C15H22N2O2S/c1-19-14-6-4-12(5-7-14)15(18)17-9-8-16-13-3-2-10-20-11-13/h4-7,13,16H,2-3,8-11H2,1H3,(H,17,18)/t13-/m0/s1. The molecule has 0 spiro atoms. The van der Waals surface area contributed by atoms with E-state index in [-0.39, 0.29) is 5.91 Å². The van der Waals surface area contributed by atoms with E-state index >= 15 is 0 Å². The van der Waals surface area contributed by atoms with Gasteiger partial charge < -0.3 is 15.4 Å². The normalized spacial score (nSPS) is 18.6. The molecule has 20 heavy (non-hydrogen) atoms. The number of hydrogen-bond donors (Lipinski definition) is 2. The van der Waals surface area contributed by atoms with Crippen LogP contribution in [0.1, 0.15) is 23.2 Å². The lowest BCUT2D eigenvalue weighted by atomic mass is 10.2. The Balaban J connectivity index is 1.66. The summed E-state index contributed by atoms with van der Waals surface area (Å²) in [6.45, 7) is 1.49. The fraction of sp³-hybridized carbons (Fsp3) is 0.533. The molecule has 1 aromatic carbocycles. The van der Waals surface area contributed by atoms with Gasteiger partial charge in [0.2, 0.25) is 0 Å². The van der Waals surface area contributed by atoms with E-state index in [0.717, 1.165) is 12.3 Å². The minimum Gasteiger partial charge on any atom is -0.497 e. The molecule has 0 bridgehead atoms. The third-order valence-corrected chi connectivity index (χ3v) is 4.57.